The number of hydrogen-bond acceptors (Lipinski definition) is 5. The van der Waals surface area contributed by atoms with Crippen LogP contribution in [-0.2, 0) is 13.1 Å². The van der Waals surface area contributed by atoms with Crippen molar-refractivity contribution in [1.82, 2.24) is 20.8 Å². The Bertz CT molecular complexity index is 672. The molecule has 7 nitrogen and oxygen atoms in total. The number of halogens is 1. The van der Waals surface area contributed by atoms with E-state index in [4.69, 9.17) is 9.26 Å². The second-order valence-corrected chi connectivity index (χ2v) is 5.05. The fourth-order valence-corrected chi connectivity index (χ4v) is 2.07. The van der Waals surface area contributed by atoms with E-state index < -0.39 is 0 Å². The number of rotatable bonds is 6. The molecule has 8 heteroatoms. The van der Waals surface area contributed by atoms with Crippen LogP contribution in [0.5, 0.6) is 5.75 Å². The van der Waals surface area contributed by atoms with Crippen LogP contribution < -0.4 is 15.4 Å². The van der Waals surface area contributed by atoms with Gasteiger partial charge in [-0.1, -0.05) is 17.3 Å². The first-order valence-corrected chi connectivity index (χ1v) is 7.58. The van der Waals surface area contributed by atoms with Crippen LogP contribution in [0.1, 0.15) is 29.8 Å². The molecule has 0 spiro atoms. The molecule has 0 atom stereocenters. The van der Waals surface area contributed by atoms with Gasteiger partial charge in [0.25, 0.3) is 0 Å². The lowest BCUT2D eigenvalue weighted by molar-refractivity contribution is 0.336. The molecule has 0 radical (unpaired) electrons. The lowest BCUT2D eigenvalue weighted by Crippen LogP contribution is -2.36. The first-order chi connectivity index (χ1) is 11.1. The van der Waals surface area contributed by atoms with Crippen molar-refractivity contribution < 1.29 is 9.26 Å². The smallest absolute Gasteiger partial charge is 0.223 e. The summed E-state index contributed by atoms with van der Waals surface area (Å²) in [5, 5.41) is 10.2. The second kappa shape index (κ2) is 10.1. The van der Waals surface area contributed by atoms with Crippen LogP contribution in [0.3, 0.4) is 0 Å². The van der Waals surface area contributed by atoms with Gasteiger partial charge in [0.05, 0.1) is 13.2 Å². The van der Waals surface area contributed by atoms with Gasteiger partial charge < -0.3 is 19.9 Å². The van der Waals surface area contributed by atoms with Crippen LogP contribution in [0.25, 0.3) is 0 Å². The highest BCUT2D eigenvalue weighted by atomic mass is 127. The van der Waals surface area contributed by atoms with Crippen molar-refractivity contribution in [2.24, 2.45) is 4.99 Å². The van der Waals surface area contributed by atoms with Gasteiger partial charge in [-0.2, -0.15) is 4.98 Å². The van der Waals surface area contributed by atoms with E-state index in [1.807, 2.05) is 19.9 Å². The van der Waals surface area contributed by atoms with Crippen molar-refractivity contribution >= 4 is 29.9 Å². The molecule has 1 aromatic carbocycles. The molecular formula is C16H24IN5O2. The molecule has 2 rings (SSSR count). The lowest BCUT2D eigenvalue weighted by atomic mass is 10.1. The van der Waals surface area contributed by atoms with Crippen LogP contribution in [0.4, 0.5) is 0 Å². The van der Waals surface area contributed by atoms with E-state index in [1.165, 1.54) is 5.56 Å². The Morgan fingerprint density at radius 2 is 2.00 bits per heavy atom. The average Bonchev–Trinajstić information content (AvgIpc) is 2.95. The Kier molecular flexibility index (Phi) is 8.51. The predicted molar refractivity (Wildman–Crippen MR) is 104 cm³/mol. The standard InChI is InChI=1S/C16H23N5O2.HI/c1-5-22-14-8-11(2)6-7-13(14)9-18-16(17-4)19-10-15-20-12(3)23-21-15;/h6-8H,5,9-10H2,1-4H3,(H2,17,18,19);1H. The fraction of sp³-hybridized carbons (Fsp3) is 0.438. The zero-order chi connectivity index (χ0) is 16.7. The largest absolute Gasteiger partial charge is 0.494 e. The van der Waals surface area contributed by atoms with Crippen molar-refractivity contribution in [3.8, 4) is 5.75 Å². The maximum Gasteiger partial charge on any atom is 0.223 e. The third-order valence-electron chi connectivity index (χ3n) is 3.18. The Labute approximate surface area is 159 Å². The summed E-state index contributed by atoms with van der Waals surface area (Å²) >= 11 is 0. The van der Waals surface area contributed by atoms with Gasteiger partial charge in [0.1, 0.15) is 5.75 Å². The number of nitrogens with one attached hydrogen (secondary N) is 2. The van der Waals surface area contributed by atoms with Crippen LogP contribution in [0.2, 0.25) is 0 Å². The van der Waals surface area contributed by atoms with E-state index in [0.29, 0.717) is 37.4 Å². The summed E-state index contributed by atoms with van der Waals surface area (Å²) < 4.78 is 10.6. The summed E-state index contributed by atoms with van der Waals surface area (Å²) in [6.45, 7) is 7.49. The van der Waals surface area contributed by atoms with E-state index in [9.17, 15) is 0 Å². The van der Waals surface area contributed by atoms with Gasteiger partial charge in [0.15, 0.2) is 11.8 Å². The topological polar surface area (TPSA) is 84.6 Å². The molecule has 2 aromatic rings. The average molecular weight is 445 g/mol. The van der Waals surface area contributed by atoms with Crippen molar-refractivity contribution in [1.29, 1.82) is 0 Å². The number of aromatic nitrogens is 2. The quantitative estimate of drug-likeness (QED) is 0.404. The SMILES string of the molecule is CCOc1cc(C)ccc1CNC(=NC)NCc1noc(C)n1.I. The first-order valence-electron chi connectivity index (χ1n) is 7.58. The molecule has 0 unspecified atom stereocenters. The fourth-order valence-electron chi connectivity index (χ4n) is 2.07. The Hall–Kier alpha value is -1.84. The molecule has 1 aromatic heterocycles. The summed E-state index contributed by atoms with van der Waals surface area (Å²) in [4.78, 5) is 8.33. The molecule has 0 bridgehead atoms. The van der Waals surface area contributed by atoms with Crippen LogP contribution in [0.15, 0.2) is 27.7 Å². The first kappa shape index (κ1) is 20.2. The Balaban J connectivity index is 0.00000288. The van der Waals surface area contributed by atoms with E-state index >= 15 is 0 Å². The van der Waals surface area contributed by atoms with E-state index in [-0.39, 0.29) is 24.0 Å². The van der Waals surface area contributed by atoms with Crippen LogP contribution in [-0.4, -0.2) is 29.8 Å². The normalized spacial score (nSPS) is 10.9. The molecule has 0 aliphatic heterocycles. The lowest BCUT2D eigenvalue weighted by Gasteiger charge is -2.14. The Morgan fingerprint density at radius 3 is 2.62 bits per heavy atom. The van der Waals surface area contributed by atoms with Crippen molar-refractivity contribution in [2.45, 2.75) is 33.9 Å². The zero-order valence-electron chi connectivity index (χ0n) is 14.4. The zero-order valence-corrected chi connectivity index (χ0v) is 16.8. The number of guanidine groups is 1. The van der Waals surface area contributed by atoms with Gasteiger partial charge >= 0.3 is 0 Å². The Morgan fingerprint density at radius 1 is 1.25 bits per heavy atom. The summed E-state index contributed by atoms with van der Waals surface area (Å²) in [5.41, 5.74) is 2.25. The van der Waals surface area contributed by atoms with E-state index in [0.717, 1.165) is 11.3 Å². The van der Waals surface area contributed by atoms with Gasteiger partial charge in [0, 0.05) is 26.1 Å². The third-order valence-corrected chi connectivity index (χ3v) is 3.18. The van der Waals surface area contributed by atoms with Crippen molar-refractivity contribution in [3.63, 3.8) is 0 Å². The maximum absolute atomic E-state index is 5.68. The number of benzene rings is 1. The number of nitrogens with zero attached hydrogens (tertiary/aromatic N) is 3. The molecule has 0 aliphatic rings. The van der Waals surface area contributed by atoms with Gasteiger partial charge in [-0.05, 0) is 25.5 Å². The van der Waals surface area contributed by atoms with Crippen molar-refractivity contribution in [3.05, 3.63) is 41.0 Å². The molecular weight excluding hydrogens is 421 g/mol. The summed E-state index contributed by atoms with van der Waals surface area (Å²) in [7, 11) is 1.72. The molecule has 0 fully saturated rings. The second-order valence-electron chi connectivity index (χ2n) is 5.05. The molecule has 0 saturated carbocycles. The minimum Gasteiger partial charge on any atom is -0.494 e. The van der Waals surface area contributed by atoms with Crippen molar-refractivity contribution in [2.75, 3.05) is 13.7 Å². The van der Waals surface area contributed by atoms with E-state index in [1.54, 1.807) is 14.0 Å². The predicted octanol–water partition coefficient (Wildman–Crippen LogP) is 2.57. The number of ether oxygens (including phenoxy) is 1. The van der Waals surface area contributed by atoms with Crippen LogP contribution >= 0.6 is 24.0 Å². The molecule has 24 heavy (non-hydrogen) atoms. The molecule has 132 valence electrons. The van der Waals surface area contributed by atoms with Gasteiger partial charge in [-0.25, -0.2) is 0 Å². The highest BCUT2D eigenvalue weighted by Gasteiger charge is 2.07. The molecule has 2 N–H and O–H groups in total. The molecule has 0 saturated heterocycles. The third kappa shape index (κ3) is 5.99. The number of aryl methyl sites for hydroxylation is 2. The van der Waals surface area contributed by atoms with Gasteiger partial charge in [-0.3, -0.25) is 4.99 Å². The maximum atomic E-state index is 5.68. The monoisotopic (exact) mass is 445 g/mol. The minimum absolute atomic E-state index is 0. The summed E-state index contributed by atoms with van der Waals surface area (Å²) in [6.07, 6.45) is 0. The highest BCUT2D eigenvalue weighted by molar-refractivity contribution is 14.0. The van der Waals surface area contributed by atoms with E-state index in [2.05, 4.69) is 37.9 Å². The molecule has 0 amide bonds. The summed E-state index contributed by atoms with van der Waals surface area (Å²) in [5.74, 6) is 2.70. The number of hydrogen-bond donors (Lipinski definition) is 2. The van der Waals surface area contributed by atoms with Gasteiger partial charge in [-0.15, -0.1) is 24.0 Å². The van der Waals surface area contributed by atoms with Gasteiger partial charge in [0.2, 0.25) is 5.89 Å². The highest BCUT2D eigenvalue weighted by Crippen LogP contribution is 2.20. The summed E-state index contributed by atoms with van der Waals surface area (Å²) in [6, 6.07) is 6.17. The van der Waals surface area contributed by atoms with Crippen LogP contribution in [0, 0.1) is 13.8 Å². The molecule has 1 heterocycles. The number of aliphatic imine (C=N–C) groups is 1. The molecule has 0 aliphatic carbocycles. The minimum atomic E-state index is 0.